The zero-order valence-electron chi connectivity index (χ0n) is 27.8. The lowest BCUT2D eigenvalue weighted by Gasteiger charge is -2.23. The number of rotatable bonds is 12. The van der Waals surface area contributed by atoms with Crippen LogP contribution in [-0.4, -0.2) is 87.7 Å². The van der Waals surface area contributed by atoms with Crippen LogP contribution in [0.1, 0.15) is 51.2 Å². The van der Waals surface area contributed by atoms with Crippen LogP contribution < -0.4 is 15.0 Å². The highest BCUT2D eigenvalue weighted by atomic mass is 35.5. The van der Waals surface area contributed by atoms with Gasteiger partial charge in [-0.05, 0) is 66.3 Å². The van der Waals surface area contributed by atoms with Gasteiger partial charge in [0.2, 0.25) is 0 Å². The summed E-state index contributed by atoms with van der Waals surface area (Å²) in [5, 5.41) is 23.0. The first kappa shape index (κ1) is 34.7. The zero-order valence-corrected chi connectivity index (χ0v) is 28.5. The van der Waals surface area contributed by atoms with E-state index in [2.05, 4.69) is 10.3 Å². The molecule has 1 atom stereocenters. The predicted octanol–water partition coefficient (Wildman–Crippen LogP) is 5.96. The number of aryl methyl sites for hydroxylation is 1. The van der Waals surface area contributed by atoms with E-state index in [1.54, 1.807) is 44.8 Å². The van der Waals surface area contributed by atoms with Crippen LogP contribution >= 0.6 is 11.6 Å². The molecule has 0 radical (unpaired) electrons. The summed E-state index contributed by atoms with van der Waals surface area (Å²) < 4.78 is 13.1. The Labute approximate surface area is 293 Å². The number of carbonyl (C=O) groups excluding carboxylic acids is 3. The van der Waals surface area contributed by atoms with Gasteiger partial charge in [0.25, 0.3) is 11.8 Å². The van der Waals surface area contributed by atoms with Crippen molar-refractivity contribution in [2.24, 2.45) is 0 Å². The van der Waals surface area contributed by atoms with Crippen molar-refractivity contribution in [1.29, 1.82) is 0 Å². The van der Waals surface area contributed by atoms with Gasteiger partial charge in [-0.15, -0.1) is 11.6 Å². The van der Waals surface area contributed by atoms with Crippen molar-refractivity contribution in [3.05, 3.63) is 95.4 Å². The quantitative estimate of drug-likeness (QED) is 0.107. The highest BCUT2D eigenvalue weighted by Gasteiger charge is 2.37. The highest BCUT2D eigenvalue weighted by Crippen LogP contribution is 2.47. The number of fused-ring (bicyclic) bond motifs is 4. The van der Waals surface area contributed by atoms with E-state index < -0.39 is 6.09 Å². The third kappa shape index (κ3) is 7.09. The monoisotopic (exact) mass is 699 g/mol. The summed E-state index contributed by atoms with van der Waals surface area (Å²) >= 11 is 6.53. The van der Waals surface area contributed by atoms with Crippen molar-refractivity contribution in [1.82, 2.24) is 14.3 Å². The number of carbonyl (C=O) groups is 3. The number of alkyl halides is 1. The second-order valence-corrected chi connectivity index (χ2v) is 12.4. The van der Waals surface area contributed by atoms with Gasteiger partial charge >= 0.3 is 6.09 Å². The number of hydrogen-bond donors (Lipinski definition) is 3. The number of aromatic hydroxyl groups is 1. The van der Waals surface area contributed by atoms with Crippen LogP contribution in [0, 0.1) is 6.92 Å². The summed E-state index contributed by atoms with van der Waals surface area (Å²) in [6.07, 6.45) is 3.45. The first-order valence-electron chi connectivity index (χ1n) is 16.4. The predicted molar refractivity (Wildman–Crippen MR) is 191 cm³/mol. The first-order valence-corrected chi connectivity index (χ1v) is 16.9. The Morgan fingerprint density at radius 1 is 1.06 bits per heavy atom. The molecule has 5 aromatic rings. The summed E-state index contributed by atoms with van der Waals surface area (Å²) in [6, 6.07) is 16.8. The minimum Gasteiger partial charge on any atom is -0.508 e. The maximum Gasteiger partial charge on any atom is 0.415 e. The van der Waals surface area contributed by atoms with Crippen molar-refractivity contribution in [2.45, 2.75) is 26.2 Å². The molecule has 260 valence electrons. The number of phenolic OH excluding ortho intramolecular Hbond substituents is 1. The van der Waals surface area contributed by atoms with Crippen molar-refractivity contribution >= 4 is 57.3 Å². The number of aromatic nitrogens is 2. The molecule has 0 bridgehead atoms. The van der Waals surface area contributed by atoms with Crippen LogP contribution in [0.25, 0.3) is 16.4 Å². The number of nitrogens with one attached hydrogen (secondary N) is 1. The molecule has 1 aliphatic heterocycles. The van der Waals surface area contributed by atoms with Gasteiger partial charge in [-0.1, -0.05) is 25.1 Å². The summed E-state index contributed by atoms with van der Waals surface area (Å²) in [4.78, 5) is 48.2. The van der Waals surface area contributed by atoms with E-state index in [-0.39, 0.29) is 54.9 Å². The molecule has 2 aromatic heterocycles. The second kappa shape index (κ2) is 15.2. The summed E-state index contributed by atoms with van der Waals surface area (Å²) in [5.74, 6) is -0.228. The van der Waals surface area contributed by atoms with Crippen LogP contribution in [-0.2, 0) is 4.74 Å². The third-order valence-corrected chi connectivity index (χ3v) is 9.00. The standard InChI is InChI=1S/C37H38ClN5O7/c1-3-13-41(14-16-49-17-15-44)37(48)50-31-18-30-34(33-23(2)5-4-6-28(31)33)25(19-38)20-43(30)36(47)29-22-42-21-26(9-12-32(42)40-29)39-35(46)24-7-10-27(45)11-8-24/h4-12,18,21-22,25,44-45H,3,13-17,19-20H2,1-2H3,(H,39,46)/t25-/m1/s1. The minimum atomic E-state index is -0.541. The fourth-order valence-corrected chi connectivity index (χ4v) is 6.53. The Kier molecular flexibility index (Phi) is 10.5. The Morgan fingerprint density at radius 2 is 1.86 bits per heavy atom. The number of phenols is 1. The Bertz CT molecular complexity index is 2050. The number of aliphatic hydroxyl groups excluding tert-OH is 1. The van der Waals surface area contributed by atoms with E-state index in [0.717, 1.165) is 21.9 Å². The minimum absolute atomic E-state index is 0.0625. The lowest BCUT2D eigenvalue weighted by atomic mass is 9.92. The summed E-state index contributed by atoms with van der Waals surface area (Å²) in [5.41, 5.74) is 4.03. The van der Waals surface area contributed by atoms with Gasteiger partial charge in [0.05, 0.1) is 31.2 Å². The number of ether oxygens (including phenoxy) is 2. The molecule has 3 heterocycles. The molecule has 0 spiro atoms. The summed E-state index contributed by atoms with van der Waals surface area (Å²) in [7, 11) is 0. The van der Waals surface area contributed by atoms with Crippen molar-refractivity contribution in [2.75, 3.05) is 55.6 Å². The molecule has 3 N–H and O–H groups in total. The number of benzene rings is 3. The van der Waals surface area contributed by atoms with Gasteiger partial charge < -0.3 is 39.2 Å². The van der Waals surface area contributed by atoms with E-state index in [9.17, 15) is 19.5 Å². The molecular weight excluding hydrogens is 662 g/mol. The Balaban J connectivity index is 1.31. The largest absolute Gasteiger partial charge is 0.508 e. The van der Waals surface area contributed by atoms with E-state index >= 15 is 0 Å². The molecule has 0 saturated carbocycles. The number of aliphatic hydroxyl groups is 1. The smallest absolute Gasteiger partial charge is 0.415 e. The SMILES string of the molecule is CCCN(CCOCCO)C(=O)Oc1cc2c(c3c(C)cccc13)[C@H](CCl)CN2C(=O)c1cn2cc(NC(=O)c3ccc(O)cc3)ccc2n1. The molecule has 0 fully saturated rings. The molecule has 50 heavy (non-hydrogen) atoms. The second-order valence-electron chi connectivity index (χ2n) is 12.1. The van der Waals surface area contributed by atoms with Gasteiger partial charge in [0.1, 0.15) is 22.8 Å². The molecule has 13 heteroatoms. The van der Waals surface area contributed by atoms with Crippen molar-refractivity contribution in [3.8, 4) is 11.5 Å². The van der Waals surface area contributed by atoms with Gasteiger partial charge in [0, 0.05) is 60.8 Å². The van der Waals surface area contributed by atoms with Gasteiger partial charge in [-0.25, -0.2) is 9.78 Å². The molecular formula is C37H38ClN5O7. The lowest BCUT2D eigenvalue weighted by molar-refractivity contribution is 0.0728. The highest BCUT2D eigenvalue weighted by molar-refractivity contribution is 6.19. The van der Waals surface area contributed by atoms with Crippen molar-refractivity contribution in [3.63, 3.8) is 0 Å². The third-order valence-electron chi connectivity index (χ3n) is 8.63. The molecule has 3 aromatic carbocycles. The van der Waals surface area contributed by atoms with Crippen LogP contribution in [0.2, 0.25) is 0 Å². The Hall–Kier alpha value is -5.17. The number of amides is 3. The maximum absolute atomic E-state index is 14.2. The van der Waals surface area contributed by atoms with Gasteiger partial charge in [0.15, 0.2) is 0 Å². The average molecular weight is 700 g/mol. The van der Waals surface area contributed by atoms with Crippen molar-refractivity contribution < 1.29 is 34.1 Å². The van der Waals surface area contributed by atoms with E-state index in [1.165, 1.54) is 24.3 Å². The molecule has 3 amide bonds. The summed E-state index contributed by atoms with van der Waals surface area (Å²) in [6.45, 7) is 5.34. The fourth-order valence-electron chi connectivity index (χ4n) is 6.28. The zero-order chi connectivity index (χ0) is 35.4. The van der Waals surface area contributed by atoms with Crippen LogP contribution in [0.4, 0.5) is 16.2 Å². The molecule has 6 rings (SSSR count). The first-order chi connectivity index (χ1) is 24.2. The number of halogens is 1. The van der Waals surface area contributed by atoms with Gasteiger partial charge in [-0.2, -0.15) is 0 Å². The van der Waals surface area contributed by atoms with Gasteiger partial charge in [-0.3, -0.25) is 9.59 Å². The molecule has 1 aliphatic rings. The number of pyridine rings is 1. The maximum atomic E-state index is 14.2. The van der Waals surface area contributed by atoms with Crippen LogP contribution in [0.15, 0.2) is 73.1 Å². The number of imidazole rings is 1. The van der Waals surface area contributed by atoms with E-state index in [4.69, 9.17) is 26.2 Å². The Morgan fingerprint density at radius 3 is 2.60 bits per heavy atom. The van der Waals surface area contributed by atoms with E-state index in [1.807, 2.05) is 32.0 Å². The van der Waals surface area contributed by atoms with E-state index in [0.29, 0.717) is 54.4 Å². The topological polar surface area (TPSA) is 146 Å². The number of hydrogen-bond acceptors (Lipinski definition) is 8. The normalized spacial score (nSPS) is 13.8. The number of anilines is 2. The molecule has 0 unspecified atom stereocenters. The van der Waals surface area contributed by atoms with Crippen LogP contribution in [0.5, 0.6) is 11.5 Å². The molecule has 12 nitrogen and oxygen atoms in total. The molecule has 0 saturated heterocycles. The number of nitrogens with zero attached hydrogens (tertiary/aromatic N) is 4. The lowest BCUT2D eigenvalue weighted by Crippen LogP contribution is -2.37. The van der Waals surface area contributed by atoms with Crippen LogP contribution in [0.3, 0.4) is 0 Å². The average Bonchev–Trinajstić information content (AvgIpc) is 3.71. The molecule has 0 aliphatic carbocycles. The fraction of sp³-hybridized carbons (Fsp3) is 0.297.